The molecular formula is C12H21N3S. The van der Waals surface area contributed by atoms with Gasteiger partial charge in [-0.05, 0) is 44.4 Å². The molecule has 0 spiro atoms. The first-order chi connectivity index (χ1) is 7.92. The molecule has 2 rings (SSSR count). The van der Waals surface area contributed by atoms with Crippen LogP contribution in [0.25, 0.3) is 0 Å². The van der Waals surface area contributed by atoms with Gasteiger partial charge in [-0.3, -0.25) is 0 Å². The number of imidazole rings is 1. The van der Waals surface area contributed by atoms with E-state index in [1.54, 1.807) is 0 Å². The Morgan fingerprint density at radius 3 is 3.06 bits per heavy atom. The molecule has 4 heteroatoms. The van der Waals surface area contributed by atoms with Crippen molar-refractivity contribution in [2.24, 2.45) is 0 Å². The monoisotopic (exact) mass is 239 g/mol. The van der Waals surface area contributed by atoms with Crippen molar-refractivity contribution in [1.29, 1.82) is 0 Å². The fourth-order valence-electron chi connectivity index (χ4n) is 2.35. The van der Waals surface area contributed by atoms with E-state index >= 15 is 0 Å². The van der Waals surface area contributed by atoms with Gasteiger partial charge in [0, 0.05) is 24.4 Å². The third kappa shape index (κ3) is 3.01. The fourth-order valence-corrected chi connectivity index (χ4v) is 2.77. The first-order valence-electron chi connectivity index (χ1n) is 6.11. The van der Waals surface area contributed by atoms with Crippen molar-refractivity contribution in [3.05, 3.63) is 18.2 Å². The van der Waals surface area contributed by atoms with Gasteiger partial charge in [-0.1, -0.05) is 0 Å². The highest BCUT2D eigenvalue weighted by Gasteiger charge is 2.18. The normalized spacial score (nSPS) is 17.8. The van der Waals surface area contributed by atoms with Crippen LogP contribution in [0.4, 0.5) is 0 Å². The van der Waals surface area contributed by atoms with Crippen LogP contribution < -0.4 is 5.32 Å². The van der Waals surface area contributed by atoms with Gasteiger partial charge in [0.25, 0.3) is 0 Å². The van der Waals surface area contributed by atoms with Crippen LogP contribution in [0.5, 0.6) is 0 Å². The number of hydrogen-bond acceptors (Lipinski definition) is 3. The molecule has 0 aromatic carbocycles. The lowest BCUT2D eigenvalue weighted by Gasteiger charge is -2.23. The molecule has 1 aliphatic rings. The van der Waals surface area contributed by atoms with Gasteiger partial charge in [0.15, 0.2) is 0 Å². The minimum absolute atomic E-state index is 0.720. The van der Waals surface area contributed by atoms with E-state index in [-0.39, 0.29) is 0 Å². The van der Waals surface area contributed by atoms with Gasteiger partial charge >= 0.3 is 0 Å². The van der Waals surface area contributed by atoms with Gasteiger partial charge in [-0.15, -0.1) is 0 Å². The molecule has 0 saturated carbocycles. The standard InChI is InChI=1S/C12H21N3S/c1-16-8-2-7-15-10-14-9-12(15)11-3-5-13-6-4-11/h9-11,13H,2-8H2,1H3. The van der Waals surface area contributed by atoms with Gasteiger partial charge in [0.1, 0.15) is 0 Å². The van der Waals surface area contributed by atoms with Crippen LogP contribution in [0.15, 0.2) is 12.5 Å². The second-order valence-electron chi connectivity index (χ2n) is 4.38. The van der Waals surface area contributed by atoms with E-state index in [0.29, 0.717) is 0 Å². The molecule has 0 atom stereocenters. The average molecular weight is 239 g/mol. The zero-order valence-electron chi connectivity index (χ0n) is 9.98. The third-order valence-electron chi connectivity index (χ3n) is 3.25. The largest absolute Gasteiger partial charge is 0.334 e. The highest BCUT2D eigenvalue weighted by Crippen LogP contribution is 2.24. The molecule has 1 aromatic heterocycles. The number of nitrogens with zero attached hydrogens (tertiary/aromatic N) is 2. The minimum atomic E-state index is 0.720. The average Bonchev–Trinajstić information content (AvgIpc) is 2.79. The van der Waals surface area contributed by atoms with Crippen molar-refractivity contribution in [2.75, 3.05) is 25.1 Å². The number of hydrogen-bond donors (Lipinski definition) is 1. The number of piperidine rings is 1. The maximum Gasteiger partial charge on any atom is 0.0948 e. The summed E-state index contributed by atoms with van der Waals surface area (Å²) in [5, 5.41) is 3.42. The van der Waals surface area contributed by atoms with Gasteiger partial charge in [-0.25, -0.2) is 4.98 Å². The van der Waals surface area contributed by atoms with Crippen molar-refractivity contribution < 1.29 is 0 Å². The Labute approximate surface area is 102 Å². The van der Waals surface area contributed by atoms with Crippen LogP contribution in [0.1, 0.15) is 30.9 Å². The molecule has 16 heavy (non-hydrogen) atoms. The molecule has 0 amide bonds. The van der Waals surface area contributed by atoms with Crippen molar-refractivity contribution in [2.45, 2.75) is 31.7 Å². The molecule has 3 nitrogen and oxygen atoms in total. The lowest BCUT2D eigenvalue weighted by atomic mass is 9.95. The predicted octanol–water partition coefficient (Wildman–Crippen LogP) is 2.10. The summed E-state index contributed by atoms with van der Waals surface area (Å²) in [4.78, 5) is 4.31. The summed E-state index contributed by atoms with van der Waals surface area (Å²) in [6.45, 7) is 3.43. The van der Waals surface area contributed by atoms with E-state index in [0.717, 1.165) is 25.6 Å². The molecule has 2 heterocycles. The van der Waals surface area contributed by atoms with Crippen LogP contribution in [-0.2, 0) is 6.54 Å². The second kappa shape index (κ2) is 6.30. The van der Waals surface area contributed by atoms with E-state index in [9.17, 15) is 0 Å². The number of thioether (sulfide) groups is 1. The maximum absolute atomic E-state index is 4.31. The summed E-state index contributed by atoms with van der Waals surface area (Å²) in [7, 11) is 0. The first kappa shape index (κ1) is 12.0. The molecule has 1 N–H and O–H groups in total. The number of rotatable bonds is 5. The third-order valence-corrected chi connectivity index (χ3v) is 3.95. The lowest BCUT2D eigenvalue weighted by Crippen LogP contribution is -2.27. The highest BCUT2D eigenvalue weighted by atomic mass is 32.2. The predicted molar refractivity (Wildman–Crippen MR) is 70.1 cm³/mol. The highest BCUT2D eigenvalue weighted by molar-refractivity contribution is 7.98. The summed E-state index contributed by atoms with van der Waals surface area (Å²) >= 11 is 1.92. The van der Waals surface area contributed by atoms with Gasteiger partial charge in [-0.2, -0.15) is 11.8 Å². The second-order valence-corrected chi connectivity index (χ2v) is 5.37. The molecule has 90 valence electrons. The first-order valence-corrected chi connectivity index (χ1v) is 7.51. The van der Waals surface area contributed by atoms with E-state index in [1.807, 2.05) is 18.1 Å². The van der Waals surface area contributed by atoms with Crippen molar-refractivity contribution in [1.82, 2.24) is 14.9 Å². The fraction of sp³-hybridized carbons (Fsp3) is 0.750. The Kier molecular flexibility index (Phi) is 4.72. The Hall–Kier alpha value is -0.480. The van der Waals surface area contributed by atoms with E-state index in [4.69, 9.17) is 0 Å². The minimum Gasteiger partial charge on any atom is -0.334 e. The molecule has 0 radical (unpaired) electrons. The van der Waals surface area contributed by atoms with Gasteiger partial charge in [0.05, 0.1) is 6.33 Å². The smallest absolute Gasteiger partial charge is 0.0948 e. The van der Waals surface area contributed by atoms with Crippen LogP contribution >= 0.6 is 11.8 Å². The number of aromatic nitrogens is 2. The molecule has 0 unspecified atom stereocenters. The summed E-state index contributed by atoms with van der Waals surface area (Å²) in [5.74, 6) is 1.96. The molecule has 1 fully saturated rings. The Bertz CT molecular complexity index is 305. The summed E-state index contributed by atoms with van der Waals surface area (Å²) < 4.78 is 2.35. The molecule has 1 aromatic rings. The van der Waals surface area contributed by atoms with Crippen LogP contribution in [0.2, 0.25) is 0 Å². The zero-order valence-corrected chi connectivity index (χ0v) is 10.8. The quantitative estimate of drug-likeness (QED) is 0.798. The summed E-state index contributed by atoms with van der Waals surface area (Å²) in [5.41, 5.74) is 1.45. The van der Waals surface area contributed by atoms with Crippen molar-refractivity contribution >= 4 is 11.8 Å². The molecule has 0 bridgehead atoms. The molecule has 1 saturated heterocycles. The SMILES string of the molecule is CSCCCn1cncc1C1CCNCC1. The molecule has 0 aliphatic carbocycles. The number of aryl methyl sites for hydroxylation is 1. The zero-order chi connectivity index (χ0) is 11.2. The summed E-state index contributed by atoms with van der Waals surface area (Å²) in [6.07, 6.45) is 9.99. The van der Waals surface area contributed by atoms with Crippen LogP contribution in [-0.4, -0.2) is 34.6 Å². The van der Waals surface area contributed by atoms with Gasteiger partial charge in [0.2, 0.25) is 0 Å². The lowest BCUT2D eigenvalue weighted by molar-refractivity contribution is 0.438. The Morgan fingerprint density at radius 1 is 1.50 bits per heavy atom. The van der Waals surface area contributed by atoms with Crippen LogP contribution in [0, 0.1) is 0 Å². The van der Waals surface area contributed by atoms with Crippen molar-refractivity contribution in [3.8, 4) is 0 Å². The molecular weight excluding hydrogens is 218 g/mol. The van der Waals surface area contributed by atoms with E-state index in [1.165, 1.54) is 30.7 Å². The Morgan fingerprint density at radius 2 is 2.31 bits per heavy atom. The van der Waals surface area contributed by atoms with Crippen molar-refractivity contribution in [3.63, 3.8) is 0 Å². The maximum atomic E-state index is 4.31. The number of nitrogens with one attached hydrogen (secondary N) is 1. The van der Waals surface area contributed by atoms with Gasteiger partial charge < -0.3 is 9.88 Å². The summed E-state index contributed by atoms with van der Waals surface area (Å²) in [6, 6.07) is 0. The Balaban J connectivity index is 1.94. The van der Waals surface area contributed by atoms with E-state index in [2.05, 4.69) is 27.3 Å². The molecule has 1 aliphatic heterocycles. The topological polar surface area (TPSA) is 29.9 Å². The van der Waals surface area contributed by atoms with Crippen LogP contribution in [0.3, 0.4) is 0 Å². The van der Waals surface area contributed by atoms with E-state index < -0.39 is 0 Å².